The second kappa shape index (κ2) is 8.33. The molecule has 29 heavy (non-hydrogen) atoms. The van der Waals surface area contributed by atoms with E-state index in [2.05, 4.69) is 10.3 Å². The van der Waals surface area contributed by atoms with Gasteiger partial charge in [0.15, 0.2) is 0 Å². The molecule has 3 N–H and O–H groups in total. The molecule has 0 aliphatic carbocycles. The van der Waals surface area contributed by atoms with Crippen LogP contribution in [0.3, 0.4) is 0 Å². The minimum atomic E-state index is -0.913. The molecule has 4 rings (SSSR count). The summed E-state index contributed by atoms with van der Waals surface area (Å²) in [4.78, 5) is 14.9. The molecule has 1 unspecified atom stereocenters. The van der Waals surface area contributed by atoms with Crippen molar-refractivity contribution in [2.24, 2.45) is 0 Å². The van der Waals surface area contributed by atoms with Gasteiger partial charge in [-0.15, -0.1) is 0 Å². The number of furan rings is 1. The monoisotopic (exact) mass is 428 g/mol. The number of H-pyrrole nitrogens is 1. The molecule has 2 aromatic heterocycles. The minimum absolute atomic E-state index is 0.285. The van der Waals surface area contributed by atoms with Gasteiger partial charge in [0.25, 0.3) is 0 Å². The van der Waals surface area contributed by atoms with Gasteiger partial charge in [0.2, 0.25) is 0 Å². The Hall–Kier alpha value is -2.73. The molecule has 148 valence electrons. The number of para-hydroxylation sites is 1. The van der Waals surface area contributed by atoms with Crippen LogP contribution >= 0.6 is 23.2 Å². The summed E-state index contributed by atoms with van der Waals surface area (Å²) in [7, 11) is 0. The minimum Gasteiger partial charge on any atom is -0.480 e. The molecule has 2 aromatic carbocycles. The van der Waals surface area contributed by atoms with Gasteiger partial charge in [-0.05, 0) is 42.0 Å². The van der Waals surface area contributed by atoms with Crippen LogP contribution < -0.4 is 5.32 Å². The van der Waals surface area contributed by atoms with Crippen molar-refractivity contribution in [2.45, 2.75) is 19.0 Å². The Morgan fingerprint density at radius 2 is 1.86 bits per heavy atom. The number of halogens is 2. The number of hydrogen-bond donors (Lipinski definition) is 3. The normalized spacial score (nSPS) is 12.3. The molecule has 2 heterocycles. The van der Waals surface area contributed by atoms with Crippen molar-refractivity contribution in [3.05, 3.63) is 82.2 Å². The number of rotatable bonds is 7. The first-order chi connectivity index (χ1) is 14.0. The first kappa shape index (κ1) is 19.6. The van der Waals surface area contributed by atoms with E-state index in [-0.39, 0.29) is 6.54 Å². The topological polar surface area (TPSA) is 78.3 Å². The molecule has 7 heteroatoms. The number of aromatic nitrogens is 1. The molecule has 0 aliphatic heterocycles. The smallest absolute Gasteiger partial charge is 0.321 e. The average Bonchev–Trinajstić information content (AvgIpc) is 3.31. The summed E-state index contributed by atoms with van der Waals surface area (Å²) < 4.78 is 5.84. The lowest BCUT2D eigenvalue weighted by Crippen LogP contribution is -2.37. The van der Waals surface area contributed by atoms with Gasteiger partial charge in [0.1, 0.15) is 17.6 Å². The summed E-state index contributed by atoms with van der Waals surface area (Å²) in [5, 5.41) is 14.8. The van der Waals surface area contributed by atoms with E-state index in [4.69, 9.17) is 27.6 Å². The van der Waals surface area contributed by atoms with Crippen molar-refractivity contribution in [3.63, 3.8) is 0 Å². The fourth-order valence-electron chi connectivity index (χ4n) is 3.32. The lowest BCUT2D eigenvalue weighted by molar-refractivity contribution is -0.139. The maximum absolute atomic E-state index is 11.8. The molecule has 0 radical (unpaired) electrons. The van der Waals surface area contributed by atoms with E-state index in [1.807, 2.05) is 42.6 Å². The maximum atomic E-state index is 11.8. The predicted octanol–water partition coefficient (Wildman–Crippen LogP) is 5.52. The van der Waals surface area contributed by atoms with E-state index in [0.29, 0.717) is 28.0 Å². The molecule has 0 spiro atoms. The molecule has 0 saturated carbocycles. The third-order valence-electron chi connectivity index (χ3n) is 4.73. The van der Waals surface area contributed by atoms with E-state index in [0.717, 1.165) is 22.0 Å². The summed E-state index contributed by atoms with van der Waals surface area (Å²) in [5.74, 6) is 0.333. The molecule has 0 saturated heterocycles. The van der Waals surface area contributed by atoms with Crippen LogP contribution in [0.5, 0.6) is 0 Å². The van der Waals surface area contributed by atoms with Crippen LogP contribution in [0, 0.1) is 0 Å². The van der Waals surface area contributed by atoms with Gasteiger partial charge in [-0.25, -0.2) is 0 Å². The lowest BCUT2D eigenvalue weighted by Gasteiger charge is -2.13. The van der Waals surface area contributed by atoms with Crippen LogP contribution in [0.15, 0.2) is 65.2 Å². The number of aromatic amines is 1. The average molecular weight is 429 g/mol. The third-order valence-corrected chi connectivity index (χ3v) is 5.16. The highest BCUT2D eigenvalue weighted by Crippen LogP contribution is 2.28. The van der Waals surface area contributed by atoms with Crippen molar-refractivity contribution in [2.75, 3.05) is 0 Å². The highest BCUT2D eigenvalue weighted by Gasteiger charge is 2.20. The van der Waals surface area contributed by atoms with E-state index in [9.17, 15) is 9.90 Å². The Morgan fingerprint density at radius 1 is 1.10 bits per heavy atom. The second-order valence-corrected chi connectivity index (χ2v) is 7.63. The molecular weight excluding hydrogens is 411 g/mol. The number of aliphatic carboxylic acids is 1. The van der Waals surface area contributed by atoms with E-state index in [1.165, 1.54) is 0 Å². The summed E-state index contributed by atoms with van der Waals surface area (Å²) in [6, 6.07) is 15.9. The van der Waals surface area contributed by atoms with Crippen molar-refractivity contribution < 1.29 is 14.3 Å². The molecule has 5 nitrogen and oxygen atoms in total. The van der Waals surface area contributed by atoms with Crippen molar-refractivity contribution in [3.8, 4) is 11.3 Å². The zero-order valence-corrected chi connectivity index (χ0v) is 16.8. The first-order valence-electron chi connectivity index (χ1n) is 9.06. The zero-order valence-electron chi connectivity index (χ0n) is 15.3. The van der Waals surface area contributed by atoms with Gasteiger partial charge in [-0.3, -0.25) is 10.1 Å². The second-order valence-electron chi connectivity index (χ2n) is 6.76. The fourth-order valence-corrected chi connectivity index (χ4v) is 3.84. The van der Waals surface area contributed by atoms with Gasteiger partial charge >= 0.3 is 5.97 Å². The fraction of sp³-hybridized carbons (Fsp3) is 0.136. The van der Waals surface area contributed by atoms with Crippen LogP contribution in [-0.4, -0.2) is 22.1 Å². The third kappa shape index (κ3) is 4.48. The van der Waals surface area contributed by atoms with Crippen LogP contribution in [-0.2, 0) is 17.8 Å². The largest absolute Gasteiger partial charge is 0.480 e. The molecule has 0 fully saturated rings. The predicted molar refractivity (Wildman–Crippen MR) is 114 cm³/mol. The van der Waals surface area contributed by atoms with Gasteiger partial charge in [-0.2, -0.15) is 0 Å². The van der Waals surface area contributed by atoms with Crippen molar-refractivity contribution >= 4 is 40.1 Å². The highest BCUT2D eigenvalue weighted by molar-refractivity contribution is 6.35. The van der Waals surface area contributed by atoms with Gasteiger partial charge in [-0.1, -0.05) is 41.4 Å². The quantitative estimate of drug-likeness (QED) is 0.362. The summed E-state index contributed by atoms with van der Waals surface area (Å²) in [6.07, 6.45) is 2.22. The lowest BCUT2D eigenvalue weighted by atomic mass is 10.0. The zero-order chi connectivity index (χ0) is 20.4. The molecular formula is C22H18Cl2N2O3. The van der Waals surface area contributed by atoms with Crippen LogP contribution in [0.4, 0.5) is 0 Å². The summed E-state index contributed by atoms with van der Waals surface area (Å²) in [6.45, 7) is 0.285. The van der Waals surface area contributed by atoms with Gasteiger partial charge < -0.3 is 14.5 Å². The molecule has 4 aromatic rings. The Morgan fingerprint density at radius 3 is 2.62 bits per heavy atom. The Bertz CT molecular complexity index is 1150. The number of hydrogen-bond acceptors (Lipinski definition) is 3. The number of nitrogens with one attached hydrogen (secondary N) is 2. The molecule has 1 atom stereocenters. The summed E-state index contributed by atoms with van der Waals surface area (Å²) in [5.41, 5.74) is 2.71. The number of benzene rings is 2. The van der Waals surface area contributed by atoms with Gasteiger partial charge in [0.05, 0.1) is 6.54 Å². The van der Waals surface area contributed by atoms with Crippen molar-refractivity contribution in [1.29, 1.82) is 0 Å². The Kier molecular flexibility index (Phi) is 5.62. The number of fused-ring (bicyclic) bond motifs is 1. The van der Waals surface area contributed by atoms with Crippen LogP contribution in [0.2, 0.25) is 10.0 Å². The van der Waals surface area contributed by atoms with Gasteiger partial charge in [0, 0.05) is 39.1 Å². The molecule has 0 aliphatic rings. The van der Waals surface area contributed by atoms with E-state index < -0.39 is 12.0 Å². The highest BCUT2D eigenvalue weighted by atomic mass is 35.5. The number of carbonyl (C=O) groups is 1. The van der Waals surface area contributed by atoms with Crippen LogP contribution in [0.25, 0.3) is 22.2 Å². The first-order valence-corrected chi connectivity index (χ1v) is 9.81. The van der Waals surface area contributed by atoms with E-state index in [1.54, 1.807) is 18.2 Å². The van der Waals surface area contributed by atoms with Crippen molar-refractivity contribution in [1.82, 2.24) is 10.3 Å². The standard InChI is InChI=1S/C22H18Cl2N2O3/c23-15-7-13(8-16(24)10-15)21-6-5-17(29-21)12-26-20(22(27)28)9-14-11-25-19-4-2-1-3-18(14)19/h1-8,10-11,20,25-26H,9,12H2,(H,27,28). The van der Waals surface area contributed by atoms with Crippen LogP contribution in [0.1, 0.15) is 11.3 Å². The Balaban J connectivity index is 1.46. The summed E-state index contributed by atoms with van der Waals surface area (Å²) >= 11 is 12.1. The number of carboxylic acid groups (broad SMARTS) is 1. The maximum Gasteiger partial charge on any atom is 0.321 e. The van der Waals surface area contributed by atoms with E-state index >= 15 is 0 Å². The Labute approximate surface area is 177 Å². The number of carboxylic acids is 1. The SMILES string of the molecule is O=C(O)C(Cc1c[nH]c2ccccc12)NCc1ccc(-c2cc(Cl)cc(Cl)c2)o1. The molecule has 0 amide bonds. The molecule has 0 bridgehead atoms.